The number of hydrogen-bond acceptors (Lipinski definition) is 4. The average molecular weight is 372 g/mol. The second kappa shape index (κ2) is 5.55. The van der Waals surface area contributed by atoms with E-state index < -0.39 is 9.84 Å². The summed E-state index contributed by atoms with van der Waals surface area (Å²) in [4.78, 5) is 12.3. The Labute approximate surface area is 153 Å². The van der Waals surface area contributed by atoms with Crippen molar-refractivity contribution in [3.05, 3.63) is 29.8 Å². The highest BCUT2D eigenvalue weighted by Crippen LogP contribution is 2.46. The molecular weight excluding hydrogens is 348 g/mol. The van der Waals surface area contributed by atoms with E-state index in [2.05, 4.69) is 28.2 Å². The molecule has 138 valence electrons. The maximum absolute atomic E-state index is 12.4. The number of fused-ring (bicyclic) bond motifs is 3. The Bertz CT molecular complexity index is 1090. The van der Waals surface area contributed by atoms with Crippen molar-refractivity contribution >= 4 is 26.6 Å². The Morgan fingerprint density at radius 2 is 2.12 bits per heavy atom. The number of sulfone groups is 1. The van der Waals surface area contributed by atoms with Crippen LogP contribution >= 0.6 is 0 Å². The molecule has 0 aliphatic heterocycles. The van der Waals surface area contributed by atoms with E-state index in [-0.39, 0.29) is 11.2 Å². The van der Waals surface area contributed by atoms with Crippen LogP contribution in [0.2, 0.25) is 0 Å². The van der Waals surface area contributed by atoms with Gasteiger partial charge in [-0.05, 0) is 50.5 Å². The predicted molar refractivity (Wildman–Crippen MR) is 101 cm³/mol. The van der Waals surface area contributed by atoms with Gasteiger partial charge in [0.25, 0.3) is 0 Å². The molecule has 0 unspecified atom stereocenters. The van der Waals surface area contributed by atoms with Gasteiger partial charge in [-0.25, -0.2) is 18.4 Å². The van der Waals surface area contributed by atoms with Crippen molar-refractivity contribution in [1.29, 1.82) is 0 Å². The van der Waals surface area contributed by atoms with Gasteiger partial charge in [0.2, 0.25) is 0 Å². The topological polar surface area (TPSA) is 80.1 Å². The fraction of sp³-hybridized carbons (Fsp3) is 0.579. The SMILES string of the molecule is Cc1nc2cnc3[nH]ccc3n2c1[C@@H]1C[C@H](CS(=O)(=O)C2CC2)C[C@@H]1C. The molecule has 7 heteroatoms. The van der Waals surface area contributed by atoms with Crippen molar-refractivity contribution in [3.8, 4) is 0 Å². The lowest BCUT2D eigenvalue weighted by Crippen LogP contribution is -2.18. The molecule has 0 radical (unpaired) electrons. The largest absolute Gasteiger partial charge is 0.345 e. The molecule has 3 aromatic heterocycles. The first-order valence-corrected chi connectivity index (χ1v) is 11.2. The molecule has 3 atom stereocenters. The van der Waals surface area contributed by atoms with Crippen molar-refractivity contribution in [2.45, 2.75) is 50.7 Å². The summed E-state index contributed by atoms with van der Waals surface area (Å²) >= 11 is 0. The number of nitrogens with one attached hydrogen (secondary N) is 1. The van der Waals surface area contributed by atoms with Gasteiger partial charge in [0.1, 0.15) is 0 Å². The van der Waals surface area contributed by atoms with E-state index in [1.165, 1.54) is 5.69 Å². The molecule has 2 fully saturated rings. The van der Waals surface area contributed by atoms with Gasteiger partial charge in [-0.3, -0.25) is 4.40 Å². The van der Waals surface area contributed by atoms with Gasteiger partial charge in [-0.1, -0.05) is 6.92 Å². The van der Waals surface area contributed by atoms with Crippen LogP contribution in [-0.2, 0) is 9.84 Å². The number of aromatic amines is 1. The Hall–Kier alpha value is -1.89. The van der Waals surface area contributed by atoms with Gasteiger partial charge in [-0.15, -0.1) is 0 Å². The maximum atomic E-state index is 12.4. The fourth-order valence-corrected chi connectivity index (χ4v) is 6.94. The minimum Gasteiger partial charge on any atom is -0.345 e. The summed E-state index contributed by atoms with van der Waals surface area (Å²) in [5, 5.41) is -0.0556. The van der Waals surface area contributed by atoms with Crippen LogP contribution in [0.5, 0.6) is 0 Å². The maximum Gasteiger partial charge on any atom is 0.156 e. The number of aryl methyl sites for hydroxylation is 1. The van der Waals surface area contributed by atoms with Crippen molar-refractivity contribution < 1.29 is 8.42 Å². The lowest BCUT2D eigenvalue weighted by atomic mass is 9.93. The van der Waals surface area contributed by atoms with Crippen LogP contribution in [0.1, 0.15) is 49.9 Å². The number of nitrogens with zero attached hydrogens (tertiary/aromatic N) is 3. The van der Waals surface area contributed by atoms with Crippen LogP contribution in [0.15, 0.2) is 18.5 Å². The molecule has 1 N–H and O–H groups in total. The summed E-state index contributed by atoms with van der Waals surface area (Å²) in [6, 6.07) is 2.04. The van der Waals surface area contributed by atoms with Crippen molar-refractivity contribution in [3.63, 3.8) is 0 Å². The van der Waals surface area contributed by atoms with Gasteiger partial charge in [0.05, 0.1) is 28.4 Å². The summed E-state index contributed by atoms with van der Waals surface area (Å²) in [6.07, 6.45) is 7.34. The highest BCUT2D eigenvalue weighted by molar-refractivity contribution is 7.92. The lowest BCUT2D eigenvalue weighted by molar-refractivity contribution is 0.513. The van der Waals surface area contributed by atoms with E-state index in [9.17, 15) is 8.42 Å². The molecule has 2 saturated carbocycles. The van der Waals surface area contributed by atoms with Crippen LogP contribution < -0.4 is 0 Å². The molecule has 5 rings (SSSR count). The third-order valence-corrected chi connectivity index (χ3v) is 8.63. The third kappa shape index (κ3) is 2.47. The standard InChI is InChI=1S/C19H24N4O2S/c1-11-7-13(10-26(24,25)14-3-4-14)8-15(11)18-12(2)22-17-9-21-19-16(23(17)18)5-6-20-19/h5-6,9,11,13-15,20H,3-4,7-8,10H2,1-2H3/t11-,13+,15+/m0/s1. The summed E-state index contributed by atoms with van der Waals surface area (Å²) in [5.74, 6) is 1.41. The summed E-state index contributed by atoms with van der Waals surface area (Å²) in [6.45, 7) is 4.31. The van der Waals surface area contributed by atoms with Gasteiger partial charge in [0.15, 0.2) is 21.1 Å². The highest BCUT2D eigenvalue weighted by atomic mass is 32.2. The Balaban J connectivity index is 1.53. The van der Waals surface area contributed by atoms with Crippen LogP contribution in [0.4, 0.5) is 0 Å². The van der Waals surface area contributed by atoms with Gasteiger partial charge < -0.3 is 4.98 Å². The quantitative estimate of drug-likeness (QED) is 0.762. The van der Waals surface area contributed by atoms with E-state index in [0.717, 1.165) is 48.2 Å². The summed E-state index contributed by atoms with van der Waals surface area (Å²) < 4.78 is 27.1. The normalized spacial score (nSPS) is 26.9. The van der Waals surface area contributed by atoms with Crippen LogP contribution in [0.25, 0.3) is 16.8 Å². The zero-order chi connectivity index (χ0) is 18.1. The molecular formula is C19H24N4O2S. The van der Waals surface area contributed by atoms with E-state index in [0.29, 0.717) is 17.6 Å². The molecule has 2 aliphatic carbocycles. The number of H-pyrrole nitrogens is 1. The van der Waals surface area contributed by atoms with E-state index in [4.69, 9.17) is 4.98 Å². The summed E-state index contributed by atoms with van der Waals surface area (Å²) in [7, 11) is -2.90. The molecule has 6 nitrogen and oxygen atoms in total. The molecule has 0 bridgehead atoms. The summed E-state index contributed by atoms with van der Waals surface area (Å²) in [5.41, 5.74) is 5.02. The first-order valence-electron chi connectivity index (χ1n) is 9.46. The van der Waals surface area contributed by atoms with Gasteiger partial charge >= 0.3 is 0 Å². The first kappa shape index (κ1) is 16.3. The third-order valence-electron chi connectivity index (χ3n) is 6.21. The molecule has 2 aliphatic rings. The number of rotatable bonds is 4. The second-order valence-corrected chi connectivity index (χ2v) is 10.5. The van der Waals surface area contributed by atoms with E-state index >= 15 is 0 Å². The Morgan fingerprint density at radius 3 is 2.88 bits per heavy atom. The smallest absolute Gasteiger partial charge is 0.156 e. The van der Waals surface area contributed by atoms with Crippen molar-refractivity contribution in [2.24, 2.45) is 11.8 Å². The highest BCUT2D eigenvalue weighted by Gasteiger charge is 2.41. The molecule has 0 aromatic carbocycles. The zero-order valence-corrected chi connectivity index (χ0v) is 16.0. The molecule has 26 heavy (non-hydrogen) atoms. The molecule has 0 amide bonds. The fourth-order valence-electron chi connectivity index (χ4n) is 4.88. The Kier molecular flexibility index (Phi) is 3.48. The number of imidazole rings is 1. The first-order chi connectivity index (χ1) is 12.4. The van der Waals surface area contributed by atoms with Crippen LogP contribution in [0, 0.1) is 18.8 Å². The number of aromatic nitrogens is 4. The lowest BCUT2D eigenvalue weighted by Gasteiger charge is -2.16. The zero-order valence-electron chi connectivity index (χ0n) is 15.1. The van der Waals surface area contributed by atoms with Crippen LogP contribution in [-0.4, -0.2) is 38.8 Å². The van der Waals surface area contributed by atoms with Crippen LogP contribution in [0.3, 0.4) is 0 Å². The predicted octanol–water partition coefficient (Wildman–Crippen LogP) is 3.23. The van der Waals surface area contributed by atoms with Crippen molar-refractivity contribution in [2.75, 3.05) is 5.75 Å². The molecule has 3 aromatic rings. The van der Waals surface area contributed by atoms with Gasteiger partial charge in [0, 0.05) is 17.8 Å². The van der Waals surface area contributed by atoms with E-state index in [1.807, 2.05) is 18.5 Å². The molecule has 0 saturated heterocycles. The van der Waals surface area contributed by atoms with Crippen molar-refractivity contribution in [1.82, 2.24) is 19.4 Å². The molecule has 0 spiro atoms. The average Bonchev–Trinajstić information content (AvgIpc) is 3.12. The minimum atomic E-state index is -2.90. The minimum absolute atomic E-state index is 0.0556. The van der Waals surface area contributed by atoms with E-state index in [1.54, 1.807) is 0 Å². The second-order valence-electron chi connectivity index (χ2n) is 8.20. The monoisotopic (exact) mass is 372 g/mol. The Morgan fingerprint density at radius 1 is 1.31 bits per heavy atom. The number of hydrogen-bond donors (Lipinski definition) is 1. The van der Waals surface area contributed by atoms with Gasteiger partial charge in [-0.2, -0.15) is 0 Å². The molecule has 3 heterocycles.